The molecule has 0 heterocycles. The molecule has 3 rings (SSSR count). The number of fused-ring (bicyclic) bond motifs is 2. The molecule has 6 heteroatoms. The summed E-state index contributed by atoms with van der Waals surface area (Å²) in [6.45, 7) is 1.71. The highest BCUT2D eigenvalue weighted by Gasteiger charge is 2.35. The van der Waals surface area contributed by atoms with E-state index >= 15 is 0 Å². The normalized spacial score (nSPS) is 13.8. The van der Waals surface area contributed by atoms with Gasteiger partial charge in [-0.05, 0) is 18.6 Å². The maximum atomic E-state index is 12.5. The molecular formula is C15H10O5S. The number of carbonyl (C=O) groups excluding carboxylic acids is 2. The average Bonchev–Trinajstić information content (AvgIpc) is 2.43. The molecular weight excluding hydrogens is 292 g/mol. The van der Waals surface area contributed by atoms with Crippen molar-refractivity contribution in [3.63, 3.8) is 0 Å². The molecule has 1 N–H and O–H groups in total. The van der Waals surface area contributed by atoms with Gasteiger partial charge in [-0.1, -0.05) is 30.3 Å². The highest BCUT2D eigenvalue weighted by Crippen LogP contribution is 2.32. The van der Waals surface area contributed by atoms with Crippen molar-refractivity contribution >= 4 is 21.7 Å². The van der Waals surface area contributed by atoms with Crippen LogP contribution in [0.4, 0.5) is 0 Å². The van der Waals surface area contributed by atoms with Gasteiger partial charge in [-0.3, -0.25) is 14.1 Å². The van der Waals surface area contributed by atoms with Crippen LogP contribution < -0.4 is 0 Å². The van der Waals surface area contributed by atoms with Crippen LogP contribution in [0.2, 0.25) is 0 Å². The summed E-state index contributed by atoms with van der Waals surface area (Å²) < 4.78 is 32.1. The van der Waals surface area contributed by atoms with E-state index in [-0.39, 0.29) is 22.3 Å². The van der Waals surface area contributed by atoms with E-state index in [4.69, 9.17) is 0 Å². The van der Waals surface area contributed by atoms with E-state index < -0.39 is 26.6 Å². The van der Waals surface area contributed by atoms with Crippen molar-refractivity contribution < 1.29 is 22.6 Å². The number of hydrogen-bond acceptors (Lipinski definition) is 4. The minimum Gasteiger partial charge on any atom is -0.289 e. The Labute approximate surface area is 121 Å². The first-order chi connectivity index (χ1) is 9.82. The van der Waals surface area contributed by atoms with Crippen molar-refractivity contribution in [3.05, 3.63) is 64.2 Å². The maximum absolute atomic E-state index is 12.5. The highest BCUT2D eigenvalue weighted by molar-refractivity contribution is 7.86. The zero-order valence-electron chi connectivity index (χ0n) is 11.0. The molecule has 2 aromatic carbocycles. The van der Waals surface area contributed by atoms with Crippen LogP contribution in [0.3, 0.4) is 0 Å². The lowest BCUT2D eigenvalue weighted by Crippen LogP contribution is -2.24. The Morgan fingerprint density at radius 1 is 0.857 bits per heavy atom. The first-order valence-electron chi connectivity index (χ1n) is 6.12. The Kier molecular flexibility index (Phi) is 2.82. The molecule has 1 aliphatic rings. The Balaban J connectivity index is 2.42. The van der Waals surface area contributed by atoms with Gasteiger partial charge >= 0.3 is 0 Å². The monoisotopic (exact) mass is 302 g/mol. The number of rotatable bonds is 1. The van der Waals surface area contributed by atoms with Crippen molar-refractivity contribution in [3.8, 4) is 0 Å². The number of hydrogen-bond donors (Lipinski definition) is 1. The molecule has 2 aromatic rings. The Bertz CT molecular complexity index is 910. The second-order valence-corrected chi connectivity index (χ2v) is 6.20. The first-order valence-corrected chi connectivity index (χ1v) is 7.56. The molecule has 0 aromatic heterocycles. The lowest BCUT2D eigenvalue weighted by atomic mass is 9.82. The molecule has 21 heavy (non-hydrogen) atoms. The van der Waals surface area contributed by atoms with E-state index in [1.807, 2.05) is 0 Å². The van der Waals surface area contributed by atoms with Gasteiger partial charge in [0, 0.05) is 16.7 Å². The number of ketones is 2. The van der Waals surface area contributed by atoms with Crippen LogP contribution in [0.1, 0.15) is 37.4 Å². The largest absolute Gasteiger partial charge is 0.295 e. The molecule has 1 aliphatic carbocycles. The van der Waals surface area contributed by atoms with Gasteiger partial charge in [0.15, 0.2) is 11.6 Å². The zero-order chi connectivity index (χ0) is 15.4. The summed E-state index contributed by atoms with van der Waals surface area (Å²) >= 11 is 0. The van der Waals surface area contributed by atoms with Crippen molar-refractivity contribution in [1.82, 2.24) is 0 Å². The van der Waals surface area contributed by atoms with Crippen LogP contribution in [0, 0.1) is 6.92 Å². The Morgan fingerprint density at radius 2 is 1.38 bits per heavy atom. The predicted octanol–water partition coefficient (Wildman–Crippen LogP) is 2.02. The van der Waals surface area contributed by atoms with Gasteiger partial charge in [-0.15, -0.1) is 0 Å². The van der Waals surface area contributed by atoms with Gasteiger partial charge in [-0.2, -0.15) is 8.42 Å². The van der Waals surface area contributed by atoms with E-state index in [1.165, 1.54) is 18.2 Å². The summed E-state index contributed by atoms with van der Waals surface area (Å²) in [7, 11) is -4.59. The van der Waals surface area contributed by atoms with Gasteiger partial charge < -0.3 is 0 Å². The summed E-state index contributed by atoms with van der Waals surface area (Å²) in [6.07, 6.45) is 0. The first kappa shape index (κ1) is 13.7. The minimum atomic E-state index is -4.59. The summed E-state index contributed by atoms with van der Waals surface area (Å²) in [6, 6.07) is 8.64. The Hall–Kier alpha value is -2.31. The molecule has 0 radical (unpaired) electrons. The highest BCUT2D eigenvalue weighted by atomic mass is 32.2. The van der Waals surface area contributed by atoms with Crippen molar-refractivity contribution in [2.45, 2.75) is 11.8 Å². The van der Waals surface area contributed by atoms with Gasteiger partial charge in [-0.25, -0.2) is 0 Å². The van der Waals surface area contributed by atoms with E-state index in [2.05, 4.69) is 0 Å². The van der Waals surface area contributed by atoms with Gasteiger partial charge in [0.25, 0.3) is 10.1 Å². The van der Waals surface area contributed by atoms with Crippen molar-refractivity contribution in [2.24, 2.45) is 0 Å². The topological polar surface area (TPSA) is 88.5 Å². The van der Waals surface area contributed by atoms with Crippen LogP contribution in [-0.2, 0) is 10.1 Å². The van der Waals surface area contributed by atoms with Gasteiger partial charge in [0.05, 0.1) is 5.56 Å². The lowest BCUT2D eigenvalue weighted by Gasteiger charge is -2.20. The summed E-state index contributed by atoms with van der Waals surface area (Å²) in [5.74, 6) is -0.986. The molecule has 5 nitrogen and oxygen atoms in total. The third-order valence-electron chi connectivity index (χ3n) is 3.52. The molecule has 106 valence electrons. The molecule has 0 aliphatic heterocycles. The molecule has 0 saturated heterocycles. The van der Waals surface area contributed by atoms with Crippen molar-refractivity contribution in [2.75, 3.05) is 0 Å². The standard InChI is InChI=1S/C15H10O5S/c1-8-4-2-5-9-12(8)14(16)10-6-3-7-11(21(18,19)20)13(10)15(9)17/h2-7H,1H3,(H,18,19,20). The van der Waals surface area contributed by atoms with Gasteiger partial charge in [0.1, 0.15) is 4.90 Å². The lowest BCUT2D eigenvalue weighted by molar-refractivity contribution is 0.0976. The van der Waals surface area contributed by atoms with E-state index in [1.54, 1.807) is 19.1 Å². The van der Waals surface area contributed by atoms with Crippen LogP contribution in [0.15, 0.2) is 41.3 Å². The molecule has 0 fully saturated rings. The maximum Gasteiger partial charge on any atom is 0.295 e. The summed E-state index contributed by atoms with van der Waals surface area (Å²) in [4.78, 5) is 24.5. The van der Waals surface area contributed by atoms with Crippen LogP contribution >= 0.6 is 0 Å². The second kappa shape index (κ2) is 4.34. The molecule has 0 spiro atoms. The summed E-state index contributed by atoms with van der Waals surface area (Å²) in [5.41, 5.74) is 0.819. The summed E-state index contributed by atoms with van der Waals surface area (Å²) in [5, 5.41) is 0. The van der Waals surface area contributed by atoms with Crippen LogP contribution in [-0.4, -0.2) is 24.5 Å². The Morgan fingerprint density at radius 3 is 2.00 bits per heavy atom. The van der Waals surface area contributed by atoms with Crippen LogP contribution in [0.5, 0.6) is 0 Å². The minimum absolute atomic E-state index is 0.00285. The van der Waals surface area contributed by atoms with E-state index in [9.17, 15) is 22.6 Å². The quantitative estimate of drug-likeness (QED) is 0.695. The third kappa shape index (κ3) is 1.91. The van der Waals surface area contributed by atoms with Gasteiger partial charge in [0.2, 0.25) is 0 Å². The van der Waals surface area contributed by atoms with E-state index in [0.29, 0.717) is 5.56 Å². The fourth-order valence-corrected chi connectivity index (χ4v) is 3.31. The fraction of sp³-hybridized carbons (Fsp3) is 0.0667. The third-order valence-corrected chi connectivity index (χ3v) is 4.42. The smallest absolute Gasteiger partial charge is 0.289 e. The average molecular weight is 302 g/mol. The predicted molar refractivity (Wildman–Crippen MR) is 74.3 cm³/mol. The van der Waals surface area contributed by atoms with Crippen LogP contribution in [0.25, 0.3) is 0 Å². The van der Waals surface area contributed by atoms with E-state index in [0.717, 1.165) is 6.07 Å². The van der Waals surface area contributed by atoms with Crippen molar-refractivity contribution in [1.29, 1.82) is 0 Å². The molecule has 0 bridgehead atoms. The molecule has 0 unspecified atom stereocenters. The SMILES string of the molecule is Cc1cccc2c1C(=O)c1cccc(S(=O)(=O)O)c1C2=O. The number of aryl methyl sites for hydroxylation is 1. The number of benzene rings is 2. The molecule has 0 saturated carbocycles. The number of carbonyl (C=O) groups is 2. The zero-order valence-corrected chi connectivity index (χ0v) is 11.8. The molecule has 0 atom stereocenters. The molecule has 0 amide bonds. The second-order valence-electron chi connectivity index (χ2n) is 4.81. The fourth-order valence-electron chi connectivity index (χ4n) is 2.60.